The first-order valence-electron chi connectivity index (χ1n) is 39.4. The third-order valence-corrected chi connectivity index (χ3v) is 20.7. The van der Waals surface area contributed by atoms with Crippen LogP contribution in [0.1, 0.15) is 310 Å². The van der Waals surface area contributed by atoms with Crippen LogP contribution in [-0.2, 0) is 61.2 Å². The molecule has 0 aromatic heterocycles. The van der Waals surface area contributed by atoms with Gasteiger partial charge < -0.3 is 89.1 Å². The van der Waals surface area contributed by atoms with E-state index in [-0.39, 0.29) is 19.3 Å². The summed E-state index contributed by atoms with van der Waals surface area (Å²) in [5.74, 6) is -1.32. The number of allylic oxidation sites excluding steroid dienone is 2. The molecule has 0 aromatic rings. The number of aliphatic hydroxyl groups excluding tert-OH is 10. The maximum atomic E-state index is 14.4. The Kier molecular flexibility index (Phi) is 51.5. The summed E-state index contributed by atoms with van der Waals surface area (Å²) in [5.41, 5.74) is 0. The van der Waals surface area contributed by atoms with Crippen molar-refractivity contribution in [2.24, 2.45) is 5.92 Å². The van der Waals surface area contributed by atoms with Crippen LogP contribution in [0, 0.1) is 5.92 Å². The standard InChI is InChI=1S/C75H139O24P/c1-5-8-11-14-17-19-21-23-25-27-29-31-33-39-44-49-60(78)92-54-58-63(81)65(83)70(88)75(96-58)98-72-68(86)66(84)67(85)71(97-74-69(87)64(82)62(80)57(51-76)95-74)73(72)99-100(89,90)93-53-56(52-91-59(77)48-43-38-32-30-28-26-24-22-20-18-15-12-9-6-2)94-61(79)50-45-40-35-34-37-42-47-55(4)46-41-36-16-13-10-7-3/h26,28,55-58,62-76,80-88H,5-25,27,29-54H2,1-4H3,(H,89,90)/b28-26-. The number of carbonyl (C=O) groups excluding carboxylic acids is 3. The molecule has 0 aromatic carbocycles. The average Bonchev–Trinajstić information content (AvgIpc) is 0.763. The molecule has 19 atom stereocenters. The molecule has 0 bridgehead atoms. The van der Waals surface area contributed by atoms with Crippen LogP contribution < -0.4 is 0 Å². The van der Waals surface area contributed by atoms with Crippen LogP contribution in [0.25, 0.3) is 0 Å². The molecule has 19 unspecified atom stereocenters. The second-order valence-electron chi connectivity index (χ2n) is 28.7. The maximum absolute atomic E-state index is 14.4. The Morgan fingerprint density at radius 3 is 1.19 bits per heavy atom. The summed E-state index contributed by atoms with van der Waals surface area (Å²) in [7, 11) is -5.70. The summed E-state index contributed by atoms with van der Waals surface area (Å²) >= 11 is 0. The van der Waals surface area contributed by atoms with E-state index < -0.39 is 156 Å². The van der Waals surface area contributed by atoms with E-state index in [4.69, 9.17) is 42.2 Å². The van der Waals surface area contributed by atoms with Gasteiger partial charge in [-0.05, 0) is 50.9 Å². The van der Waals surface area contributed by atoms with Crippen molar-refractivity contribution < 1.29 is 117 Å². The summed E-state index contributed by atoms with van der Waals surface area (Å²) in [4.78, 5) is 51.1. The van der Waals surface area contributed by atoms with Gasteiger partial charge in [0.1, 0.15) is 98.7 Å². The SMILES string of the molecule is CCCCCCCCC/C=C\CCCCCC(=O)OCC(COP(=O)(O)OC1C(OC2OC(CO)C(O)C(O)C2O)C(O)C(O)C(O)C1OC1OC(COC(=O)CCCCCCCCCCCCCCCCC)C(O)C(O)C1O)OC(=O)CCCCCCCCC(C)CCCCCCCC. The minimum atomic E-state index is -5.70. The summed E-state index contributed by atoms with van der Waals surface area (Å²) in [6.07, 6.45) is 14.1. The van der Waals surface area contributed by atoms with Crippen molar-refractivity contribution >= 4 is 25.7 Å². The molecule has 2 aliphatic heterocycles. The van der Waals surface area contributed by atoms with Crippen molar-refractivity contribution in [2.75, 3.05) is 26.4 Å². The number of aliphatic hydroxyl groups is 10. The number of ether oxygens (including phenoxy) is 7. The van der Waals surface area contributed by atoms with Crippen LogP contribution in [0.3, 0.4) is 0 Å². The number of carbonyl (C=O) groups is 3. The largest absolute Gasteiger partial charge is 0.472 e. The smallest absolute Gasteiger partial charge is 0.463 e. The fraction of sp³-hybridized carbons (Fsp3) is 0.933. The van der Waals surface area contributed by atoms with E-state index in [0.717, 1.165) is 96.3 Å². The van der Waals surface area contributed by atoms with Crippen molar-refractivity contribution in [1.82, 2.24) is 0 Å². The molecule has 3 aliphatic rings. The van der Waals surface area contributed by atoms with Gasteiger partial charge in [-0.1, -0.05) is 258 Å². The van der Waals surface area contributed by atoms with Crippen LogP contribution in [0.2, 0.25) is 0 Å². The van der Waals surface area contributed by atoms with Gasteiger partial charge in [0.05, 0.1) is 13.2 Å². The predicted molar refractivity (Wildman–Crippen MR) is 379 cm³/mol. The Hall–Kier alpha value is -2.30. The molecule has 11 N–H and O–H groups in total. The summed E-state index contributed by atoms with van der Waals surface area (Å²) < 4.78 is 65.1. The van der Waals surface area contributed by atoms with E-state index in [1.54, 1.807) is 0 Å². The number of esters is 3. The van der Waals surface area contributed by atoms with Gasteiger partial charge in [-0.25, -0.2) is 4.57 Å². The monoisotopic (exact) mass is 1450 g/mol. The van der Waals surface area contributed by atoms with Gasteiger partial charge in [-0.2, -0.15) is 0 Å². The average molecular weight is 1460 g/mol. The molecule has 0 radical (unpaired) electrons. The van der Waals surface area contributed by atoms with Crippen molar-refractivity contribution in [1.29, 1.82) is 0 Å². The highest BCUT2D eigenvalue weighted by atomic mass is 31.2. The lowest BCUT2D eigenvalue weighted by molar-refractivity contribution is -0.360. The minimum Gasteiger partial charge on any atom is -0.463 e. The first-order chi connectivity index (χ1) is 48.2. The van der Waals surface area contributed by atoms with Crippen molar-refractivity contribution in [2.45, 2.75) is 414 Å². The lowest BCUT2D eigenvalue weighted by Gasteiger charge is -2.49. The van der Waals surface area contributed by atoms with Gasteiger partial charge in [0.15, 0.2) is 18.7 Å². The van der Waals surface area contributed by atoms with E-state index in [1.165, 1.54) is 148 Å². The van der Waals surface area contributed by atoms with Crippen LogP contribution in [0.15, 0.2) is 12.2 Å². The fourth-order valence-corrected chi connectivity index (χ4v) is 14.1. The second-order valence-corrected chi connectivity index (χ2v) is 30.1. The number of hydrogen-bond acceptors (Lipinski definition) is 23. The van der Waals surface area contributed by atoms with Gasteiger partial charge >= 0.3 is 25.7 Å². The van der Waals surface area contributed by atoms with Crippen molar-refractivity contribution in [3.63, 3.8) is 0 Å². The van der Waals surface area contributed by atoms with Gasteiger partial charge in [-0.3, -0.25) is 23.4 Å². The number of hydrogen-bond donors (Lipinski definition) is 11. The second kappa shape index (κ2) is 56.1. The Morgan fingerprint density at radius 2 is 0.760 bits per heavy atom. The predicted octanol–water partition coefficient (Wildman–Crippen LogP) is 11.4. The molecule has 0 spiro atoms. The number of phosphoric acid groups is 1. The summed E-state index contributed by atoms with van der Waals surface area (Å²) in [6, 6.07) is 0. The van der Waals surface area contributed by atoms with Crippen LogP contribution in [0.5, 0.6) is 0 Å². The first-order valence-corrected chi connectivity index (χ1v) is 40.9. The third kappa shape index (κ3) is 38.8. The molecule has 588 valence electrons. The normalized spacial score (nSPS) is 27.7. The minimum absolute atomic E-state index is 0.0270. The van der Waals surface area contributed by atoms with E-state index in [1.807, 2.05) is 0 Å². The Bertz CT molecular complexity index is 2130. The molecular weight excluding hydrogens is 1320 g/mol. The van der Waals surface area contributed by atoms with Crippen molar-refractivity contribution in [3.05, 3.63) is 12.2 Å². The molecule has 1 saturated carbocycles. The number of rotatable bonds is 61. The molecule has 3 rings (SSSR count). The van der Waals surface area contributed by atoms with Gasteiger partial charge in [0, 0.05) is 19.3 Å². The number of phosphoric ester groups is 1. The molecule has 3 fully saturated rings. The first kappa shape index (κ1) is 91.9. The Morgan fingerprint density at radius 1 is 0.410 bits per heavy atom. The van der Waals surface area contributed by atoms with E-state index in [9.17, 15) is 74.9 Å². The highest BCUT2D eigenvalue weighted by molar-refractivity contribution is 7.47. The Balaban J connectivity index is 1.73. The van der Waals surface area contributed by atoms with E-state index in [2.05, 4.69) is 39.8 Å². The molecular formula is C75H139O24P. The summed E-state index contributed by atoms with van der Waals surface area (Å²) in [5, 5.41) is 110. The lowest BCUT2D eigenvalue weighted by atomic mass is 9.84. The molecule has 0 amide bonds. The quantitative estimate of drug-likeness (QED) is 0.00886. The van der Waals surface area contributed by atoms with Crippen LogP contribution >= 0.6 is 7.82 Å². The lowest BCUT2D eigenvalue weighted by Crippen LogP contribution is -2.69. The fourth-order valence-electron chi connectivity index (χ4n) is 13.2. The van der Waals surface area contributed by atoms with Gasteiger partial charge in [0.25, 0.3) is 0 Å². The number of unbranched alkanes of at least 4 members (excludes halogenated alkanes) is 34. The zero-order chi connectivity index (χ0) is 73.3. The Labute approximate surface area is 599 Å². The zero-order valence-corrected chi connectivity index (χ0v) is 62.6. The van der Waals surface area contributed by atoms with Crippen LogP contribution in [0.4, 0.5) is 0 Å². The maximum Gasteiger partial charge on any atom is 0.472 e. The topological polar surface area (TPSA) is 374 Å². The summed E-state index contributed by atoms with van der Waals surface area (Å²) in [6.45, 7) is 5.77. The molecule has 1 aliphatic carbocycles. The van der Waals surface area contributed by atoms with E-state index >= 15 is 0 Å². The third-order valence-electron chi connectivity index (χ3n) is 19.7. The van der Waals surface area contributed by atoms with Gasteiger partial charge in [0.2, 0.25) is 0 Å². The molecule has 25 heteroatoms. The van der Waals surface area contributed by atoms with E-state index in [0.29, 0.717) is 25.2 Å². The highest BCUT2D eigenvalue weighted by Crippen LogP contribution is 2.49. The van der Waals surface area contributed by atoms with Crippen LogP contribution in [-0.4, -0.2) is 204 Å². The van der Waals surface area contributed by atoms with Crippen molar-refractivity contribution in [3.8, 4) is 0 Å². The van der Waals surface area contributed by atoms with Gasteiger partial charge in [-0.15, -0.1) is 0 Å². The molecule has 24 nitrogen and oxygen atoms in total. The molecule has 100 heavy (non-hydrogen) atoms. The highest BCUT2D eigenvalue weighted by Gasteiger charge is 2.58. The molecule has 2 heterocycles. The zero-order valence-electron chi connectivity index (χ0n) is 61.7. The molecule has 2 saturated heterocycles.